The van der Waals surface area contributed by atoms with Crippen LogP contribution in [0.5, 0.6) is 0 Å². The average molecular weight is 325 g/mol. The van der Waals surface area contributed by atoms with Gasteiger partial charge in [0, 0.05) is 4.47 Å². The van der Waals surface area contributed by atoms with Crippen LogP contribution >= 0.6 is 15.9 Å². The maximum absolute atomic E-state index is 10.7. The van der Waals surface area contributed by atoms with E-state index < -0.39 is 4.92 Å². The Hall–Kier alpha value is -1.89. The van der Waals surface area contributed by atoms with Crippen molar-refractivity contribution in [1.82, 2.24) is 9.78 Å². The van der Waals surface area contributed by atoms with Gasteiger partial charge in [-0.3, -0.25) is 10.1 Å². The summed E-state index contributed by atoms with van der Waals surface area (Å²) in [5.41, 5.74) is 6.70. The molecule has 0 saturated heterocycles. The minimum absolute atomic E-state index is 0.0464. The zero-order valence-electron chi connectivity index (χ0n) is 10.3. The molecule has 7 heteroatoms. The molecule has 0 aliphatic heterocycles. The van der Waals surface area contributed by atoms with Gasteiger partial charge in [-0.05, 0) is 31.0 Å². The van der Waals surface area contributed by atoms with Crippen LogP contribution in [0.1, 0.15) is 18.5 Å². The highest BCUT2D eigenvalue weighted by Crippen LogP contribution is 2.25. The molecule has 0 amide bonds. The lowest BCUT2D eigenvalue weighted by Crippen LogP contribution is -2.13. The van der Waals surface area contributed by atoms with Crippen molar-refractivity contribution in [3.05, 3.63) is 50.6 Å². The molecule has 19 heavy (non-hydrogen) atoms. The van der Waals surface area contributed by atoms with E-state index in [2.05, 4.69) is 21.0 Å². The molecule has 0 fully saturated rings. The van der Waals surface area contributed by atoms with Crippen LogP contribution < -0.4 is 5.73 Å². The van der Waals surface area contributed by atoms with E-state index in [0.29, 0.717) is 6.42 Å². The summed E-state index contributed by atoms with van der Waals surface area (Å²) in [7, 11) is 0. The normalized spacial score (nSPS) is 12.3. The van der Waals surface area contributed by atoms with Crippen LogP contribution in [0.3, 0.4) is 0 Å². The quantitative estimate of drug-likeness (QED) is 0.691. The van der Waals surface area contributed by atoms with Gasteiger partial charge in [0.25, 0.3) is 0 Å². The Morgan fingerprint density at radius 2 is 2.11 bits per heavy atom. The molecule has 0 bridgehead atoms. The second-order valence-corrected chi connectivity index (χ2v) is 5.21. The molecule has 0 aliphatic rings. The van der Waals surface area contributed by atoms with E-state index in [0.717, 1.165) is 10.0 Å². The number of benzene rings is 1. The first-order valence-corrected chi connectivity index (χ1v) is 6.50. The fourth-order valence-corrected chi connectivity index (χ4v) is 2.17. The minimum Gasteiger partial charge on any atom is -0.378 e. The summed E-state index contributed by atoms with van der Waals surface area (Å²) in [4.78, 5) is 10.2. The highest BCUT2D eigenvalue weighted by Gasteiger charge is 2.20. The third-order valence-electron chi connectivity index (χ3n) is 2.87. The van der Waals surface area contributed by atoms with Crippen molar-refractivity contribution >= 4 is 27.4 Å². The fourth-order valence-electron chi connectivity index (χ4n) is 1.90. The van der Waals surface area contributed by atoms with Gasteiger partial charge in [0.15, 0.2) is 0 Å². The first-order valence-electron chi connectivity index (χ1n) is 5.71. The van der Waals surface area contributed by atoms with E-state index in [1.165, 1.54) is 10.9 Å². The van der Waals surface area contributed by atoms with Crippen molar-refractivity contribution in [2.24, 2.45) is 0 Å². The van der Waals surface area contributed by atoms with E-state index >= 15 is 0 Å². The van der Waals surface area contributed by atoms with E-state index in [1.54, 1.807) is 0 Å². The van der Waals surface area contributed by atoms with Gasteiger partial charge >= 0.3 is 5.69 Å². The van der Waals surface area contributed by atoms with Crippen molar-refractivity contribution in [1.29, 1.82) is 0 Å². The Morgan fingerprint density at radius 3 is 2.63 bits per heavy atom. The maximum Gasteiger partial charge on any atom is 0.330 e. The van der Waals surface area contributed by atoms with Crippen molar-refractivity contribution in [3.8, 4) is 0 Å². The summed E-state index contributed by atoms with van der Waals surface area (Å²) in [5.74, 6) is 0.0922. The Balaban J connectivity index is 2.18. The summed E-state index contributed by atoms with van der Waals surface area (Å²) < 4.78 is 2.50. The first-order chi connectivity index (χ1) is 8.99. The third kappa shape index (κ3) is 2.93. The van der Waals surface area contributed by atoms with Crippen LogP contribution in [0.25, 0.3) is 0 Å². The zero-order valence-corrected chi connectivity index (χ0v) is 11.9. The maximum atomic E-state index is 10.7. The van der Waals surface area contributed by atoms with Crippen LogP contribution in [0.15, 0.2) is 34.9 Å². The number of hydrogen-bond donors (Lipinski definition) is 1. The number of anilines is 1. The van der Waals surface area contributed by atoms with Gasteiger partial charge in [0.1, 0.15) is 6.20 Å². The number of hydrogen-bond acceptors (Lipinski definition) is 4. The Kier molecular flexibility index (Phi) is 3.84. The molecule has 1 aromatic heterocycles. The molecule has 100 valence electrons. The lowest BCUT2D eigenvalue weighted by atomic mass is 10.1. The van der Waals surface area contributed by atoms with Crippen LogP contribution in [0.4, 0.5) is 11.5 Å². The lowest BCUT2D eigenvalue weighted by molar-refractivity contribution is -0.384. The molecule has 2 N–H and O–H groups in total. The molecule has 1 unspecified atom stereocenters. The molecular formula is C12H13BrN4O2. The number of nitrogens with two attached hydrogens (primary N) is 1. The van der Waals surface area contributed by atoms with E-state index in [9.17, 15) is 10.1 Å². The standard InChI is InChI=1S/C12H13BrN4O2/c1-8(6-9-2-4-10(13)5-3-9)16-12(14)11(7-15-16)17(18)19/h2-5,7-8H,6,14H2,1H3. The lowest BCUT2D eigenvalue weighted by Gasteiger charge is -2.13. The zero-order chi connectivity index (χ0) is 14.0. The highest BCUT2D eigenvalue weighted by molar-refractivity contribution is 9.10. The molecular weight excluding hydrogens is 312 g/mol. The summed E-state index contributed by atoms with van der Waals surface area (Å²) in [6.07, 6.45) is 1.89. The molecule has 0 saturated carbocycles. The van der Waals surface area contributed by atoms with Crippen LogP contribution in [-0.4, -0.2) is 14.7 Å². The number of nitrogen functional groups attached to an aromatic ring is 1. The number of nitrogens with zero attached hydrogens (tertiary/aromatic N) is 3. The monoisotopic (exact) mass is 324 g/mol. The average Bonchev–Trinajstić information content (AvgIpc) is 2.74. The van der Waals surface area contributed by atoms with Crippen molar-refractivity contribution < 1.29 is 4.92 Å². The van der Waals surface area contributed by atoms with Gasteiger partial charge < -0.3 is 5.73 Å². The third-order valence-corrected chi connectivity index (χ3v) is 3.40. The summed E-state index contributed by atoms with van der Waals surface area (Å²) in [5, 5.41) is 14.7. The largest absolute Gasteiger partial charge is 0.378 e. The number of rotatable bonds is 4. The van der Waals surface area contributed by atoms with E-state index in [1.807, 2.05) is 31.2 Å². The smallest absolute Gasteiger partial charge is 0.330 e. The summed E-state index contributed by atoms with van der Waals surface area (Å²) in [6.45, 7) is 1.93. The summed E-state index contributed by atoms with van der Waals surface area (Å²) in [6, 6.07) is 7.85. The number of aromatic nitrogens is 2. The topological polar surface area (TPSA) is 87.0 Å². The number of nitro groups is 1. The van der Waals surface area contributed by atoms with Gasteiger partial charge in [0.05, 0.1) is 11.0 Å². The molecule has 0 radical (unpaired) electrons. The predicted molar refractivity (Wildman–Crippen MR) is 75.9 cm³/mol. The Labute approximate surface area is 118 Å². The molecule has 0 spiro atoms. The molecule has 1 heterocycles. The van der Waals surface area contributed by atoms with Crippen molar-refractivity contribution in [2.75, 3.05) is 5.73 Å². The molecule has 1 aromatic carbocycles. The van der Waals surface area contributed by atoms with Gasteiger partial charge in [-0.15, -0.1) is 0 Å². The van der Waals surface area contributed by atoms with Crippen LogP contribution in [0.2, 0.25) is 0 Å². The fraction of sp³-hybridized carbons (Fsp3) is 0.250. The second-order valence-electron chi connectivity index (χ2n) is 4.30. The van der Waals surface area contributed by atoms with Crippen molar-refractivity contribution in [2.45, 2.75) is 19.4 Å². The van der Waals surface area contributed by atoms with Crippen LogP contribution in [-0.2, 0) is 6.42 Å². The highest BCUT2D eigenvalue weighted by atomic mass is 79.9. The van der Waals surface area contributed by atoms with E-state index in [-0.39, 0.29) is 17.5 Å². The Morgan fingerprint density at radius 1 is 1.47 bits per heavy atom. The number of halogens is 1. The Bertz CT molecular complexity index is 594. The van der Waals surface area contributed by atoms with Gasteiger partial charge in [-0.25, -0.2) is 4.68 Å². The van der Waals surface area contributed by atoms with Crippen molar-refractivity contribution in [3.63, 3.8) is 0 Å². The minimum atomic E-state index is -0.523. The summed E-state index contributed by atoms with van der Waals surface area (Å²) >= 11 is 3.37. The van der Waals surface area contributed by atoms with Gasteiger partial charge in [0.2, 0.25) is 5.82 Å². The molecule has 6 nitrogen and oxygen atoms in total. The molecule has 0 aliphatic carbocycles. The van der Waals surface area contributed by atoms with Gasteiger partial charge in [-0.1, -0.05) is 28.1 Å². The second kappa shape index (κ2) is 5.40. The SMILES string of the molecule is CC(Cc1ccc(Br)cc1)n1ncc([N+](=O)[O-])c1N. The van der Waals surface area contributed by atoms with Crippen LogP contribution in [0, 0.1) is 10.1 Å². The van der Waals surface area contributed by atoms with E-state index in [4.69, 9.17) is 5.73 Å². The predicted octanol–water partition coefficient (Wildman–Crippen LogP) is 2.94. The molecule has 1 atom stereocenters. The van der Waals surface area contributed by atoms with Gasteiger partial charge in [-0.2, -0.15) is 5.10 Å². The molecule has 2 rings (SSSR count). The molecule has 2 aromatic rings. The first kappa shape index (κ1) is 13.5.